The molecule has 29 heavy (non-hydrogen) atoms. The highest BCUT2D eigenvalue weighted by molar-refractivity contribution is 5.79. The van der Waals surface area contributed by atoms with Crippen molar-refractivity contribution in [2.24, 2.45) is 0 Å². The summed E-state index contributed by atoms with van der Waals surface area (Å²) in [6.07, 6.45) is 1.29. The quantitative estimate of drug-likeness (QED) is 0.640. The highest BCUT2D eigenvalue weighted by atomic mass is 16.5. The molecule has 2 heterocycles. The molecule has 3 aromatic rings. The first-order valence-corrected chi connectivity index (χ1v) is 10.2. The third kappa shape index (κ3) is 4.39. The van der Waals surface area contributed by atoms with Crippen LogP contribution in [-0.4, -0.2) is 34.0 Å². The van der Waals surface area contributed by atoms with E-state index in [0.717, 1.165) is 12.0 Å². The highest BCUT2D eigenvalue weighted by Crippen LogP contribution is 2.30. The van der Waals surface area contributed by atoms with Crippen LogP contribution in [0.4, 0.5) is 0 Å². The largest absolute Gasteiger partial charge is 0.342 e. The number of benzene rings is 2. The van der Waals surface area contributed by atoms with E-state index >= 15 is 0 Å². The van der Waals surface area contributed by atoms with Gasteiger partial charge in [0.1, 0.15) is 0 Å². The average Bonchev–Trinajstić information content (AvgIpc) is 3.34. The SMILES string of the molecule is CC(C)(C)c1ccc(-c2noc(C3CC(=O)N(CCc4ccccc4)C3)n2)cc1. The van der Waals surface area contributed by atoms with Gasteiger partial charge in [-0.3, -0.25) is 4.79 Å². The lowest BCUT2D eigenvalue weighted by Crippen LogP contribution is -2.27. The van der Waals surface area contributed by atoms with Crippen LogP contribution in [0, 0.1) is 0 Å². The minimum absolute atomic E-state index is 0.0339. The average molecular weight is 389 g/mol. The van der Waals surface area contributed by atoms with E-state index in [-0.39, 0.29) is 17.2 Å². The van der Waals surface area contributed by atoms with Gasteiger partial charge in [0.25, 0.3) is 0 Å². The Hall–Kier alpha value is -2.95. The molecule has 2 aromatic carbocycles. The van der Waals surface area contributed by atoms with Crippen molar-refractivity contribution in [2.45, 2.75) is 44.9 Å². The first kappa shape index (κ1) is 19.4. The molecular weight excluding hydrogens is 362 g/mol. The van der Waals surface area contributed by atoms with Crippen LogP contribution in [0.3, 0.4) is 0 Å². The van der Waals surface area contributed by atoms with E-state index in [0.29, 0.717) is 31.2 Å². The molecule has 0 N–H and O–H groups in total. The summed E-state index contributed by atoms with van der Waals surface area (Å²) in [5.74, 6) is 1.25. The summed E-state index contributed by atoms with van der Waals surface area (Å²) in [5.41, 5.74) is 3.54. The monoisotopic (exact) mass is 389 g/mol. The number of likely N-dealkylation sites (tertiary alicyclic amines) is 1. The molecule has 0 bridgehead atoms. The maximum atomic E-state index is 12.4. The molecule has 0 radical (unpaired) electrons. The highest BCUT2D eigenvalue weighted by Gasteiger charge is 2.34. The van der Waals surface area contributed by atoms with E-state index < -0.39 is 0 Å². The Morgan fingerprint density at radius 3 is 2.48 bits per heavy atom. The minimum atomic E-state index is -0.0339. The van der Waals surface area contributed by atoms with Gasteiger partial charge in [-0.05, 0) is 23.0 Å². The summed E-state index contributed by atoms with van der Waals surface area (Å²) < 4.78 is 5.52. The van der Waals surface area contributed by atoms with Gasteiger partial charge in [0.05, 0.1) is 5.92 Å². The van der Waals surface area contributed by atoms with Gasteiger partial charge in [0.2, 0.25) is 17.6 Å². The summed E-state index contributed by atoms with van der Waals surface area (Å²) >= 11 is 0. The number of rotatable bonds is 5. The fraction of sp³-hybridized carbons (Fsp3) is 0.375. The Balaban J connectivity index is 1.41. The molecule has 150 valence electrons. The van der Waals surface area contributed by atoms with E-state index in [4.69, 9.17) is 4.52 Å². The van der Waals surface area contributed by atoms with Crippen LogP contribution in [-0.2, 0) is 16.6 Å². The second-order valence-corrected chi connectivity index (χ2v) is 8.76. The lowest BCUT2D eigenvalue weighted by Gasteiger charge is -2.18. The Kier molecular flexibility index (Phi) is 5.22. The molecule has 1 aromatic heterocycles. The number of hydrogen-bond donors (Lipinski definition) is 0. The van der Waals surface area contributed by atoms with E-state index in [2.05, 4.69) is 55.2 Å². The zero-order valence-corrected chi connectivity index (χ0v) is 17.3. The molecule has 1 atom stereocenters. The first-order valence-electron chi connectivity index (χ1n) is 10.2. The van der Waals surface area contributed by atoms with Gasteiger partial charge < -0.3 is 9.42 Å². The third-order valence-corrected chi connectivity index (χ3v) is 5.53. The second kappa shape index (κ2) is 7.82. The van der Waals surface area contributed by atoms with E-state index in [1.54, 1.807) is 0 Å². The maximum absolute atomic E-state index is 12.4. The number of amides is 1. The number of carbonyl (C=O) groups excluding carboxylic acids is 1. The predicted molar refractivity (Wildman–Crippen MR) is 113 cm³/mol. The summed E-state index contributed by atoms with van der Waals surface area (Å²) in [7, 11) is 0. The molecule has 1 saturated heterocycles. The van der Waals surface area contributed by atoms with Crippen molar-refractivity contribution in [3.05, 3.63) is 71.6 Å². The number of aromatic nitrogens is 2. The van der Waals surface area contributed by atoms with E-state index in [9.17, 15) is 4.79 Å². The standard InChI is InChI=1S/C24H27N3O2/c1-24(2,3)20-11-9-18(10-12-20)22-25-23(29-26-22)19-15-21(28)27(16-19)14-13-17-7-5-4-6-8-17/h4-12,19H,13-16H2,1-3H3. The van der Waals surface area contributed by atoms with Crippen molar-refractivity contribution >= 4 is 5.91 Å². The zero-order chi connectivity index (χ0) is 20.4. The zero-order valence-electron chi connectivity index (χ0n) is 17.3. The van der Waals surface area contributed by atoms with Crippen molar-refractivity contribution in [2.75, 3.05) is 13.1 Å². The first-order chi connectivity index (χ1) is 13.9. The number of nitrogens with zero attached hydrogens (tertiary/aromatic N) is 3. The summed E-state index contributed by atoms with van der Waals surface area (Å²) in [6, 6.07) is 18.5. The summed E-state index contributed by atoms with van der Waals surface area (Å²) in [5, 5.41) is 4.15. The van der Waals surface area contributed by atoms with E-state index in [1.165, 1.54) is 11.1 Å². The minimum Gasteiger partial charge on any atom is -0.342 e. The van der Waals surface area contributed by atoms with Gasteiger partial charge in [-0.25, -0.2) is 0 Å². The molecule has 1 aliphatic rings. The molecule has 0 aliphatic carbocycles. The molecule has 1 amide bonds. The van der Waals surface area contributed by atoms with Crippen molar-refractivity contribution in [1.82, 2.24) is 15.0 Å². The maximum Gasteiger partial charge on any atom is 0.232 e. The van der Waals surface area contributed by atoms with Crippen LogP contribution in [0.1, 0.15) is 50.1 Å². The molecule has 1 fully saturated rings. The van der Waals surface area contributed by atoms with Crippen molar-refractivity contribution in [3.63, 3.8) is 0 Å². The Morgan fingerprint density at radius 1 is 1.07 bits per heavy atom. The molecular formula is C24H27N3O2. The van der Waals surface area contributed by atoms with Crippen molar-refractivity contribution < 1.29 is 9.32 Å². The Labute approximate surface area is 171 Å². The molecule has 1 aliphatic heterocycles. The fourth-order valence-electron chi connectivity index (χ4n) is 3.70. The van der Waals surface area contributed by atoms with E-state index in [1.807, 2.05) is 35.2 Å². The summed E-state index contributed by atoms with van der Waals surface area (Å²) in [4.78, 5) is 18.9. The van der Waals surface area contributed by atoms with Crippen LogP contribution >= 0.6 is 0 Å². The van der Waals surface area contributed by atoms with Gasteiger partial charge >= 0.3 is 0 Å². The molecule has 1 unspecified atom stereocenters. The van der Waals surface area contributed by atoms with Gasteiger partial charge in [-0.15, -0.1) is 0 Å². The second-order valence-electron chi connectivity index (χ2n) is 8.76. The fourth-order valence-corrected chi connectivity index (χ4v) is 3.70. The van der Waals surface area contributed by atoms with Gasteiger partial charge in [0, 0.05) is 25.1 Å². The third-order valence-electron chi connectivity index (χ3n) is 5.53. The van der Waals surface area contributed by atoms with Gasteiger partial charge in [0.15, 0.2) is 0 Å². The number of hydrogen-bond acceptors (Lipinski definition) is 4. The Morgan fingerprint density at radius 2 is 1.79 bits per heavy atom. The van der Waals surface area contributed by atoms with Crippen LogP contribution in [0.15, 0.2) is 59.1 Å². The molecule has 4 rings (SSSR count). The van der Waals surface area contributed by atoms with Crippen LogP contribution in [0.2, 0.25) is 0 Å². The molecule has 5 nitrogen and oxygen atoms in total. The van der Waals surface area contributed by atoms with Crippen molar-refractivity contribution in [1.29, 1.82) is 0 Å². The van der Waals surface area contributed by atoms with Gasteiger partial charge in [-0.1, -0.05) is 80.5 Å². The van der Waals surface area contributed by atoms with Crippen molar-refractivity contribution in [3.8, 4) is 11.4 Å². The molecule has 5 heteroatoms. The summed E-state index contributed by atoms with van der Waals surface area (Å²) in [6.45, 7) is 7.92. The topological polar surface area (TPSA) is 59.2 Å². The smallest absolute Gasteiger partial charge is 0.232 e. The normalized spacial score (nSPS) is 17.1. The van der Waals surface area contributed by atoms with Gasteiger partial charge in [-0.2, -0.15) is 4.98 Å². The Bertz CT molecular complexity index is 971. The lowest BCUT2D eigenvalue weighted by molar-refractivity contribution is -0.127. The molecule has 0 saturated carbocycles. The lowest BCUT2D eigenvalue weighted by atomic mass is 9.87. The van der Waals surface area contributed by atoms with Crippen LogP contribution in [0.25, 0.3) is 11.4 Å². The van der Waals surface area contributed by atoms with Crippen LogP contribution in [0.5, 0.6) is 0 Å². The molecule has 0 spiro atoms. The predicted octanol–water partition coefficient (Wildman–Crippen LogP) is 4.59. The number of carbonyl (C=O) groups is 1. The van der Waals surface area contributed by atoms with Crippen LogP contribution < -0.4 is 0 Å².